The summed E-state index contributed by atoms with van der Waals surface area (Å²) in [7, 11) is 1.94. The van der Waals surface area contributed by atoms with Crippen molar-refractivity contribution >= 4 is 11.3 Å². The molecule has 3 nitrogen and oxygen atoms in total. The highest BCUT2D eigenvalue weighted by molar-refractivity contribution is 7.15. The Morgan fingerprint density at radius 3 is 2.80 bits per heavy atom. The van der Waals surface area contributed by atoms with Crippen molar-refractivity contribution in [1.29, 1.82) is 0 Å². The Morgan fingerprint density at radius 2 is 2.20 bits per heavy atom. The molecule has 0 radical (unpaired) electrons. The molecule has 0 amide bonds. The first-order valence-corrected chi connectivity index (χ1v) is 5.70. The van der Waals surface area contributed by atoms with Crippen LogP contribution in [0.2, 0.25) is 0 Å². The van der Waals surface area contributed by atoms with E-state index in [1.165, 1.54) is 4.88 Å². The first kappa shape index (κ1) is 10.4. The maximum Gasteiger partial charge on any atom is 0.162 e. The number of nitrogens with one attached hydrogen (secondary N) is 1. The average molecular weight is 222 g/mol. The van der Waals surface area contributed by atoms with Crippen molar-refractivity contribution in [3.05, 3.63) is 28.5 Å². The molecule has 2 rings (SSSR count). The third-order valence-corrected chi connectivity index (χ3v) is 3.35. The number of furan rings is 1. The highest BCUT2D eigenvalue weighted by atomic mass is 32.1. The van der Waals surface area contributed by atoms with Crippen molar-refractivity contribution < 1.29 is 4.42 Å². The Bertz CT molecular complexity index is 459. The van der Waals surface area contributed by atoms with E-state index in [-0.39, 0.29) is 0 Å². The van der Waals surface area contributed by atoms with Crippen LogP contribution in [0.25, 0.3) is 10.8 Å². The molecule has 0 saturated carbocycles. The maximum atomic E-state index is 5.54. The Labute approximate surface area is 93.2 Å². The lowest BCUT2D eigenvalue weighted by molar-refractivity contribution is 0.548. The molecular formula is C11H14N2OS. The van der Waals surface area contributed by atoms with Crippen molar-refractivity contribution in [2.75, 3.05) is 7.05 Å². The van der Waals surface area contributed by atoms with Crippen LogP contribution in [0.5, 0.6) is 0 Å². The van der Waals surface area contributed by atoms with Crippen LogP contribution < -0.4 is 5.32 Å². The molecule has 15 heavy (non-hydrogen) atoms. The van der Waals surface area contributed by atoms with Gasteiger partial charge in [0.2, 0.25) is 0 Å². The van der Waals surface area contributed by atoms with Crippen molar-refractivity contribution in [3.8, 4) is 10.8 Å². The minimum atomic E-state index is 0.864. The molecule has 2 aromatic rings. The summed E-state index contributed by atoms with van der Waals surface area (Å²) in [5, 5.41) is 4.10. The van der Waals surface area contributed by atoms with Gasteiger partial charge in [-0.25, -0.2) is 4.98 Å². The summed E-state index contributed by atoms with van der Waals surface area (Å²) in [6, 6.07) is 3.93. The SMILES string of the molecule is CNCc1sc(-c2ccc(C)o2)nc1C. The molecule has 0 spiro atoms. The van der Waals surface area contributed by atoms with E-state index in [1.807, 2.05) is 33.0 Å². The first-order chi connectivity index (χ1) is 7.20. The summed E-state index contributed by atoms with van der Waals surface area (Å²) >= 11 is 1.68. The third kappa shape index (κ3) is 2.11. The number of aryl methyl sites for hydroxylation is 2. The van der Waals surface area contributed by atoms with Crippen LogP contribution in [0, 0.1) is 13.8 Å². The van der Waals surface area contributed by atoms with Gasteiger partial charge in [0.15, 0.2) is 10.8 Å². The molecule has 0 atom stereocenters. The lowest BCUT2D eigenvalue weighted by atomic mass is 10.4. The predicted molar refractivity (Wildman–Crippen MR) is 62.1 cm³/mol. The number of rotatable bonds is 3. The fourth-order valence-electron chi connectivity index (χ4n) is 1.41. The third-order valence-electron chi connectivity index (χ3n) is 2.18. The lowest BCUT2D eigenvalue weighted by Crippen LogP contribution is -2.04. The molecule has 0 bridgehead atoms. The van der Waals surface area contributed by atoms with Crippen molar-refractivity contribution in [2.45, 2.75) is 20.4 Å². The van der Waals surface area contributed by atoms with Crippen molar-refractivity contribution in [3.63, 3.8) is 0 Å². The van der Waals surface area contributed by atoms with E-state index in [0.717, 1.165) is 28.8 Å². The van der Waals surface area contributed by atoms with Crippen molar-refractivity contribution in [1.82, 2.24) is 10.3 Å². The zero-order chi connectivity index (χ0) is 10.8. The Kier molecular flexibility index (Phi) is 2.88. The summed E-state index contributed by atoms with van der Waals surface area (Å²) in [5.41, 5.74) is 1.08. The second-order valence-corrected chi connectivity index (χ2v) is 4.55. The number of aromatic nitrogens is 1. The van der Waals surface area contributed by atoms with Gasteiger partial charge in [-0.1, -0.05) is 0 Å². The van der Waals surface area contributed by atoms with Gasteiger partial charge in [0.1, 0.15) is 5.76 Å². The van der Waals surface area contributed by atoms with Crippen LogP contribution in [0.4, 0.5) is 0 Å². The van der Waals surface area contributed by atoms with E-state index in [9.17, 15) is 0 Å². The molecule has 0 aromatic carbocycles. The van der Waals surface area contributed by atoms with Gasteiger partial charge in [0, 0.05) is 11.4 Å². The zero-order valence-corrected chi connectivity index (χ0v) is 9.94. The topological polar surface area (TPSA) is 38.1 Å². The lowest BCUT2D eigenvalue weighted by Gasteiger charge is -1.93. The quantitative estimate of drug-likeness (QED) is 0.867. The minimum absolute atomic E-state index is 0.864. The molecular weight excluding hydrogens is 208 g/mol. The van der Waals surface area contributed by atoms with Gasteiger partial charge in [0.05, 0.1) is 5.69 Å². The van der Waals surface area contributed by atoms with Gasteiger partial charge in [0.25, 0.3) is 0 Å². The van der Waals surface area contributed by atoms with Gasteiger partial charge in [-0.15, -0.1) is 11.3 Å². The van der Waals surface area contributed by atoms with Gasteiger partial charge >= 0.3 is 0 Å². The highest BCUT2D eigenvalue weighted by Gasteiger charge is 2.11. The molecule has 0 aliphatic heterocycles. The van der Waals surface area contributed by atoms with E-state index < -0.39 is 0 Å². The molecule has 0 aliphatic carbocycles. The van der Waals surface area contributed by atoms with E-state index in [1.54, 1.807) is 11.3 Å². The summed E-state index contributed by atoms with van der Waals surface area (Å²) in [6.07, 6.45) is 0. The van der Waals surface area contributed by atoms with Crippen molar-refractivity contribution in [2.24, 2.45) is 0 Å². The van der Waals surface area contributed by atoms with Gasteiger partial charge in [-0.3, -0.25) is 0 Å². The molecule has 0 aliphatic rings. The summed E-state index contributed by atoms with van der Waals surface area (Å²) in [5.74, 6) is 1.79. The largest absolute Gasteiger partial charge is 0.459 e. The zero-order valence-electron chi connectivity index (χ0n) is 9.13. The Balaban J connectivity index is 2.33. The maximum absolute atomic E-state index is 5.54. The molecule has 1 N–H and O–H groups in total. The fraction of sp³-hybridized carbons (Fsp3) is 0.364. The molecule has 80 valence electrons. The number of hydrogen-bond acceptors (Lipinski definition) is 4. The standard InChI is InChI=1S/C11H14N2OS/c1-7-4-5-9(14-7)11-13-8(2)10(15-11)6-12-3/h4-5,12H,6H2,1-3H3. The molecule has 4 heteroatoms. The average Bonchev–Trinajstić information content (AvgIpc) is 2.75. The number of hydrogen-bond donors (Lipinski definition) is 1. The van der Waals surface area contributed by atoms with E-state index in [4.69, 9.17) is 4.42 Å². The normalized spacial score (nSPS) is 10.9. The molecule has 0 fully saturated rings. The monoisotopic (exact) mass is 222 g/mol. The van der Waals surface area contributed by atoms with Gasteiger partial charge in [-0.2, -0.15) is 0 Å². The number of thiazole rings is 1. The Hall–Kier alpha value is -1.13. The van der Waals surface area contributed by atoms with Crippen LogP contribution in [0.15, 0.2) is 16.5 Å². The number of nitrogens with zero attached hydrogens (tertiary/aromatic N) is 1. The van der Waals surface area contributed by atoms with E-state index in [2.05, 4.69) is 10.3 Å². The predicted octanol–water partition coefficient (Wildman–Crippen LogP) is 2.74. The molecule has 0 saturated heterocycles. The second kappa shape index (κ2) is 4.16. The van der Waals surface area contributed by atoms with Crippen LogP contribution in [0.3, 0.4) is 0 Å². The molecule has 2 aromatic heterocycles. The van der Waals surface area contributed by atoms with Crippen LogP contribution in [-0.4, -0.2) is 12.0 Å². The van der Waals surface area contributed by atoms with E-state index in [0.29, 0.717) is 0 Å². The summed E-state index contributed by atoms with van der Waals surface area (Å²) in [4.78, 5) is 5.76. The fourth-order valence-corrected chi connectivity index (χ4v) is 2.44. The summed E-state index contributed by atoms with van der Waals surface area (Å²) in [6.45, 7) is 4.84. The molecule has 0 unspecified atom stereocenters. The van der Waals surface area contributed by atoms with Gasteiger partial charge < -0.3 is 9.73 Å². The second-order valence-electron chi connectivity index (χ2n) is 3.47. The van der Waals surface area contributed by atoms with Crippen LogP contribution >= 0.6 is 11.3 Å². The summed E-state index contributed by atoms with van der Waals surface area (Å²) < 4.78 is 5.54. The van der Waals surface area contributed by atoms with Crippen LogP contribution in [-0.2, 0) is 6.54 Å². The Morgan fingerprint density at radius 1 is 1.40 bits per heavy atom. The van der Waals surface area contributed by atoms with Gasteiger partial charge in [-0.05, 0) is 33.0 Å². The minimum Gasteiger partial charge on any atom is -0.459 e. The molecule has 2 heterocycles. The van der Waals surface area contributed by atoms with E-state index >= 15 is 0 Å². The van der Waals surface area contributed by atoms with Crippen LogP contribution in [0.1, 0.15) is 16.3 Å². The first-order valence-electron chi connectivity index (χ1n) is 4.88. The smallest absolute Gasteiger partial charge is 0.162 e. The highest BCUT2D eigenvalue weighted by Crippen LogP contribution is 2.28.